The van der Waals surface area contributed by atoms with E-state index < -0.39 is 46.3 Å². The summed E-state index contributed by atoms with van der Waals surface area (Å²) in [5, 5.41) is 11.8. The van der Waals surface area contributed by atoms with Gasteiger partial charge in [-0.1, -0.05) is 101 Å². The van der Waals surface area contributed by atoms with Crippen molar-refractivity contribution in [2.24, 2.45) is 5.11 Å². The molecule has 1 aliphatic rings. The second-order valence-corrected chi connectivity index (χ2v) is 10.3. The third-order valence-electron chi connectivity index (χ3n) is 5.27. The molecule has 5 atom stereocenters. The van der Waals surface area contributed by atoms with Gasteiger partial charge in [0.05, 0.1) is 19.8 Å². The summed E-state index contributed by atoms with van der Waals surface area (Å²) < 4.78 is 26.8. The lowest BCUT2D eigenvalue weighted by Crippen LogP contribution is -2.61. The van der Waals surface area contributed by atoms with Crippen LogP contribution in [0, 0.1) is 5.41 Å². The first-order valence-electron chi connectivity index (χ1n) is 11.2. The first kappa shape index (κ1) is 29.0. The molecular formula is C24H25Cl3N4O6. The van der Waals surface area contributed by atoms with Crippen LogP contribution in [0.25, 0.3) is 10.4 Å². The summed E-state index contributed by atoms with van der Waals surface area (Å²) in [4.78, 5) is 14.9. The highest BCUT2D eigenvalue weighted by molar-refractivity contribution is 6.76. The normalized spacial score (nSPS) is 23.5. The summed E-state index contributed by atoms with van der Waals surface area (Å²) in [5.41, 5.74) is 11.0. The number of azide groups is 1. The van der Waals surface area contributed by atoms with E-state index in [4.69, 9.17) is 63.9 Å². The summed E-state index contributed by atoms with van der Waals surface area (Å²) >= 11 is 17.4. The number of hydrogen-bond acceptors (Lipinski definition) is 8. The van der Waals surface area contributed by atoms with E-state index in [1.54, 1.807) is 0 Å². The Kier molecular flexibility index (Phi) is 10.8. The Morgan fingerprint density at radius 3 is 2.16 bits per heavy atom. The number of esters is 1. The first-order valence-corrected chi connectivity index (χ1v) is 12.3. The van der Waals surface area contributed by atoms with Crippen molar-refractivity contribution in [2.75, 3.05) is 6.61 Å². The molecule has 1 heterocycles. The highest BCUT2D eigenvalue weighted by atomic mass is 35.6. The molecule has 1 saturated heterocycles. The number of carbonyl (C=O) groups excluding carboxylic acids is 1. The molecule has 13 heteroatoms. The van der Waals surface area contributed by atoms with Crippen LogP contribution in [0.4, 0.5) is 0 Å². The molecule has 0 amide bonds. The van der Waals surface area contributed by atoms with E-state index in [0.717, 1.165) is 11.1 Å². The van der Waals surface area contributed by atoms with Gasteiger partial charge in [0.1, 0.15) is 18.2 Å². The van der Waals surface area contributed by atoms with Crippen molar-refractivity contribution in [3.8, 4) is 0 Å². The molecule has 1 N–H and O–H groups in total. The van der Waals surface area contributed by atoms with Crippen LogP contribution in [0.15, 0.2) is 65.8 Å². The predicted octanol–water partition coefficient (Wildman–Crippen LogP) is 5.49. The Labute approximate surface area is 228 Å². The molecule has 1 aliphatic heterocycles. The summed E-state index contributed by atoms with van der Waals surface area (Å²) in [6.07, 6.45) is -4.44. The molecule has 1 fully saturated rings. The van der Waals surface area contributed by atoms with E-state index in [1.807, 2.05) is 60.7 Å². The molecule has 0 aromatic heterocycles. The lowest BCUT2D eigenvalue weighted by molar-refractivity contribution is -0.263. The van der Waals surface area contributed by atoms with Gasteiger partial charge in [0.25, 0.3) is 3.79 Å². The van der Waals surface area contributed by atoms with E-state index in [1.165, 1.54) is 6.92 Å². The minimum atomic E-state index is -2.20. The van der Waals surface area contributed by atoms with Crippen LogP contribution in [0.5, 0.6) is 0 Å². The van der Waals surface area contributed by atoms with Crippen LogP contribution in [-0.2, 0) is 41.7 Å². The maximum atomic E-state index is 12.0. The molecule has 1 unspecified atom stereocenters. The number of hydrogen-bond donors (Lipinski definition) is 1. The van der Waals surface area contributed by atoms with Crippen molar-refractivity contribution < 1.29 is 28.5 Å². The fraction of sp³-hybridized carbons (Fsp3) is 0.417. The first-order chi connectivity index (χ1) is 17.7. The van der Waals surface area contributed by atoms with Gasteiger partial charge in [0, 0.05) is 11.8 Å². The van der Waals surface area contributed by atoms with E-state index in [0.29, 0.717) is 0 Å². The van der Waals surface area contributed by atoms with Crippen molar-refractivity contribution in [1.29, 1.82) is 5.41 Å². The predicted molar refractivity (Wildman–Crippen MR) is 137 cm³/mol. The molecule has 0 saturated carbocycles. The van der Waals surface area contributed by atoms with Gasteiger partial charge >= 0.3 is 5.97 Å². The van der Waals surface area contributed by atoms with Crippen molar-refractivity contribution in [3.05, 3.63) is 82.2 Å². The van der Waals surface area contributed by atoms with Crippen molar-refractivity contribution in [2.45, 2.75) is 54.6 Å². The van der Waals surface area contributed by atoms with Gasteiger partial charge in [-0.25, -0.2) is 0 Å². The van der Waals surface area contributed by atoms with Crippen LogP contribution < -0.4 is 0 Å². The zero-order valence-electron chi connectivity index (χ0n) is 19.7. The highest BCUT2D eigenvalue weighted by Crippen LogP contribution is 2.34. The number of nitrogens with zero attached hydrogens (tertiary/aromatic N) is 3. The van der Waals surface area contributed by atoms with Crippen LogP contribution in [0.2, 0.25) is 0 Å². The minimum Gasteiger partial charge on any atom is -0.457 e. The van der Waals surface area contributed by atoms with E-state index in [-0.39, 0.29) is 19.8 Å². The molecule has 0 spiro atoms. The zero-order chi connectivity index (χ0) is 26.8. The molecule has 37 heavy (non-hydrogen) atoms. The van der Waals surface area contributed by atoms with Gasteiger partial charge < -0.3 is 23.7 Å². The Balaban J connectivity index is 1.89. The number of benzene rings is 2. The number of nitrogens with one attached hydrogen (secondary N) is 1. The smallest absolute Gasteiger partial charge is 0.303 e. The van der Waals surface area contributed by atoms with Crippen LogP contribution >= 0.6 is 34.8 Å². The van der Waals surface area contributed by atoms with Gasteiger partial charge in [0.2, 0.25) is 12.2 Å². The molecule has 10 nitrogen and oxygen atoms in total. The molecular weight excluding hydrogens is 547 g/mol. The van der Waals surface area contributed by atoms with E-state index >= 15 is 0 Å². The lowest BCUT2D eigenvalue weighted by atomic mass is 9.96. The maximum absolute atomic E-state index is 12.0. The number of halogens is 3. The number of carbonyl (C=O) groups is 1. The fourth-order valence-corrected chi connectivity index (χ4v) is 3.78. The van der Waals surface area contributed by atoms with Gasteiger partial charge in [-0.05, 0) is 16.7 Å². The Morgan fingerprint density at radius 2 is 1.62 bits per heavy atom. The Morgan fingerprint density at radius 1 is 1.03 bits per heavy atom. The summed E-state index contributed by atoms with van der Waals surface area (Å²) in [7, 11) is 0. The third-order valence-corrected chi connectivity index (χ3v) is 5.79. The van der Waals surface area contributed by atoms with Crippen molar-refractivity contribution in [3.63, 3.8) is 0 Å². The van der Waals surface area contributed by atoms with E-state index in [2.05, 4.69) is 10.0 Å². The van der Waals surface area contributed by atoms with Gasteiger partial charge in [-0.15, -0.1) is 0 Å². The summed E-state index contributed by atoms with van der Waals surface area (Å²) in [6, 6.07) is 17.4. The van der Waals surface area contributed by atoms with Gasteiger partial charge in [-0.2, -0.15) is 0 Å². The summed E-state index contributed by atoms with van der Waals surface area (Å²) in [5.74, 6) is -1.36. The van der Waals surface area contributed by atoms with Crippen LogP contribution in [0.1, 0.15) is 18.1 Å². The lowest BCUT2D eigenvalue weighted by Gasteiger charge is -2.44. The number of ether oxygens (including phenoxy) is 5. The van der Waals surface area contributed by atoms with E-state index in [9.17, 15) is 10.3 Å². The standard InChI is InChI=1S/C24H25Cl3N4O6/c1-15(32)35-20-18(14-33-12-16-8-4-2-5-9-16)36-22(37-23(28)24(25,26)27)19(30-31-29)21(20)34-13-17-10-6-3-7-11-17/h2-11,18-22,28H,12-14H2,1H3/t18-,19-,20-,21-,22?/m1/s1. The minimum absolute atomic E-state index is 0.0536. The van der Waals surface area contributed by atoms with Crippen molar-refractivity contribution >= 4 is 46.7 Å². The number of alkyl halides is 3. The Bertz CT molecular complexity index is 1080. The molecule has 198 valence electrons. The topological polar surface area (TPSA) is 136 Å². The number of rotatable bonds is 10. The molecule has 2 aromatic carbocycles. The van der Waals surface area contributed by atoms with Gasteiger partial charge in [-0.3, -0.25) is 10.2 Å². The molecule has 2 aromatic rings. The second-order valence-electron chi connectivity index (χ2n) is 8.02. The Hall–Kier alpha value is -2.56. The largest absolute Gasteiger partial charge is 0.457 e. The highest BCUT2D eigenvalue weighted by Gasteiger charge is 2.50. The second kappa shape index (κ2) is 13.8. The monoisotopic (exact) mass is 570 g/mol. The zero-order valence-corrected chi connectivity index (χ0v) is 22.0. The average Bonchev–Trinajstić information content (AvgIpc) is 2.86. The SMILES string of the molecule is CC(=O)O[C@H]1[C@H](OCc2ccccc2)[C@@H](N=[N+]=[N-])C(OC(=N)C(Cl)(Cl)Cl)O[C@@H]1COCc1ccccc1. The van der Waals surface area contributed by atoms with Gasteiger partial charge in [0.15, 0.2) is 6.10 Å². The molecule has 3 rings (SSSR count). The fourth-order valence-electron chi connectivity index (χ4n) is 3.65. The van der Waals surface area contributed by atoms with Crippen LogP contribution in [0.3, 0.4) is 0 Å². The quantitative estimate of drug-likeness (QED) is 0.0762. The van der Waals surface area contributed by atoms with Crippen LogP contribution in [-0.4, -0.2) is 52.9 Å². The molecule has 0 aliphatic carbocycles. The average molecular weight is 572 g/mol. The summed E-state index contributed by atoms with van der Waals surface area (Å²) in [6.45, 7) is 1.52. The van der Waals surface area contributed by atoms with Crippen molar-refractivity contribution in [1.82, 2.24) is 0 Å². The maximum Gasteiger partial charge on any atom is 0.303 e. The molecule has 0 bridgehead atoms. The molecule has 0 radical (unpaired) electrons. The third kappa shape index (κ3) is 8.76.